The number of pyridine rings is 1. The second-order valence-electron chi connectivity index (χ2n) is 3.75. The molecule has 0 aliphatic rings. The van der Waals surface area contributed by atoms with Crippen molar-refractivity contribution in [3.05, 3.63) is 59.7 Å². The van der Waals surface area contributed by atoms with Crippen LogP contribution in [0, 0.1) is 5.82 Å². The number of halogens is 1. The molecule has 0 saturated carbocycles. The van der Waals surface area contributed by atoms with E-state index in [0.717, 1.165) is 5.56 Å². The molecule has 18 heavy (non-hydrogen) atoms. The lowest BCUT2D eigenvalue weighted by molar-refractivity contribution is 0.413. The van der Waals surface area contributed by atoms with Gasteiger partial charge in [0.2, 0.25) is 0 Å². The average Bonchev–Trinajstić information content (AvgIpc) is 2.42. The standard InChI is InChI=1S/C13H14FN3O/c1-18-10-5-2-4-9(8-10)12(17-15)13-11(14)6-3-7-16-13/h2-8,12,17H,15H2,1H3. The lowest BCUT2D eigenvalue weighted by Gasteiger charge is -2.17. The third-order valence-corrected chi connectivity index (χ3v) is 2.65. The van der Waals surface area contributed by atoms with Gasteiger partial charge in [-0.1, -0.05) is 12.1 Å². The van der Waals surface area contributed by atoms with E-state index in [9.17, 15) is 4.39 Å². The van der Waals surface area contributed by atoms with E-state index in [4.69, 9.17) is 10.6 Å². The second-order valence-corrected chi connectivity index (χ2v) is 3.75. The van der Waals surface area contributed by atoms with Crippen molar-refractivity contribution in [1.29, 1.82) is 0 Å². The minimum Gasteiger partial charge on any atom is -0.497 e. The fourth-order valence-corrected chi connectivity index (χ4v) is 1.76. The number of hydrazine groups is 1. The fraction of sp³-hybridized carbons (Fsp3) is 0.154. The summed E-state index contributed by atoms with van der Waals surface area (Å²) in [5.41, 5.74) is 3.61. The molecule has 1 heterocycles. The molecular weight excluding hydrogens is 233 g/mol. The summed E-state index contributed by atoms with van der Waals surface area (Å²) in [5.74, 6) is 5.78. The molecule has 1 aromatic carbocycles. The Balaban J connectivity index is 2.42. The number of nitrogens with zero attached hydrogens (tertiary/aromatic N) is 1. The lowest BCUT2D eigenvalue weighted by atomic mass is 10.0. The third kappa shape index (κ3) is 2.47. The number of methoxy groups -OCH3 is 1. The van der Waals surface area contributed by atoms with Crippen LogP contribution in [0.2, 0.25) is 0 Å². The molecule has 0 radical (unpaired) electrons. The number of hydrogen-bond acceptors (Lipinski definition) is 4. The molecule has 2 aromatic rings. The first-order chi connectivity index (χ1) is 8.76. The van der Waals surface area contributed by atoms with Gasteiger partial charge in [-0.2, -0.15) is 0 Å². The van der Waals surface area contributed by atoms with Crippen molar-refractivity contribution in [2.75, 3.05) is 7.11 Å². The highest BCUT2D eigenvalue weighted by Crippen LogP contribution is 2.24. The molecule has 0 spiro atoms. The Labute approximate surface area is 105 Å². The number of nitrogens with one attached hydrogen (secondary N) is 1. The maximum Gasteiger partial charge on any atom is 0.146 e. The van der Waals surface area contributed by atoms with Crippen LogP contribution in [0.5, 0.6) is 5.75 Å². The van der Waals surface area contributed by atoms with E-state index < -0.39 is 11.9 Å². The zero-order valence-corrected chi connectivity index (χ0v) is 9.93. The van der Waals surface area contributed by atoms with Crippen molar-refractivity contribution < 1.29 is 9.13 Å². The number of ether oxygens (including phenoxy) is 1. The molecule has 0 aliphatic carbocycles. The average molecular weight is 247 g/mol. The van der Waals surface area contributed by atoms with E-state index >= 15 is 0 Å². The summed E-state index contributed by atoms with van der Waals surface area (Å²) in [7, 11) is 1.57. The van der Waals surface area contributed by atoms with Gasteiger partial charge in [-0.3, -0.25) is 10.8 Å². The third-order valence-electron chi connectivity index (χ3n) is 2.65. The van der Waals surface area contributed by atoms with Gasteiger partial charge in [-0.25, -0.2) is 9.82 Å². The fourth-order valence-electron chi connectivity index (χ4n) is 1.76. The van der Waals surface area contributed by atoms with Crippen molar-refractivity contribution >= 4 is 0 Å². The lowest BCUT2D eigenvalue weighted by Crippen LogP contribution is -2.30. The number of rotatable bonds is 4. The number of benzene rings is 1. The van der Waals surface area contributed by atoms with Crippen molar-refractivity contribution in [2.45, 2.75) is 6.04 Å². The molecule has 5 heteroatoms. The summed E-state index contributed by atoms with van der Waals surface area (Å²) in [4.78, 5) is 4.02. The molecule has 1 unspecified atom stereocenters. The van der Waals surface area contributed by atoms with Crippen LogP contribution in [0.15, 0.2) is 42.6 Å². The highest BCUT2D eigenvalue weighted by atomic mass is 19.1. The molecule has 2 rings (SSSR count). The van der Waals surface area contributed by atoms with Crippen LogP contribution in [-0.4, -0.2) is 12.1 Å². The summed E-state index contributed by atoms with van der Waals surface area (Å²) < 4.78 is 18.8. The minimum atomic E-state index is -0.513. The van der Waals surface area contributed by atoms with Crippen LogP contribution in [0.3, 0.4) is 0 Å². The van der Waals surface area contributed by atoms with Crippen molar-refractivity contribution in [3.63, 3.8) is 0 Å². The van der Waals surface area contributed by atoms with Gasteiger partial charge in [-0.05, 0) is 29.8 Å². The molecule has 0 amide bonds. The Morgan fingerprint density at radius 1 is 1.33 bits per heavy atom. The van der Waals surface area contributed by atoms with Crippen LogP contribution in [0.4, 0.5) is 4.39 Å². The summed E-state index contributed by atoms with van der Waals surface area (Å²) in [6.07, 6.45) is 1.53. The normalized spacial score (nSPS) is 12.2. The first-order valence-electron chi connectivity index (χ1n) is 5.46. The van der Waals surface area contributed by atoms with Crippen LogP contribution >= 0.6 is 0 Å². The predicted molar refractivity (Wildman–Crippen MR) is 66.4 cm³/mol. The molecule has 1 atom stereocenters. The first-order valence-corrected chi connectivity index (χ1v) is 5.46. The largest absolute Gasteiger partial charge is 0.497 e. The van der Waals surface area contributed by atoms with E-state index in [1.54, 1.807) is 13.2 Å². The van der Waals surface area contributed by atoms with Crippen LogP contribution in [-0.2, 0) is 0 Å². The quantitative estimate of drug-likeness (QED) is 0.638. The minimum absolute atomic E-state index is 0.258. The topological polar surface area (TPSA) is 60.2 Å². The van der Waals surface area contributed by atoms with Gasteiger partial charge in [0.25, 0.3) is 0 Å². The zero-order chi connectivity index (χ0) is 13.0. The molecular formula is C13H14FN3O. The molecule has 4 nitrogen and oxygen atoms in total. The number of aromatic nitrogens is 1. The second kappa shape index (κ2) is 5.57. The highest BCUT2D eigenvalue weighted by Gasteiger charge is 2.18. The predicted octanol–water partition coefficient (Wildman–Crippen LogP) is 1.78. The van der Waals surface area contributed by atoms with Gasteiger partial charge < -0.3 is 4.74 Å². The molecule has 0 bridgehead atoms. The Morgan fingerprint density at radius 3 is 2.83 bits per heavy atom. The highest BCUT2D eigenvalue weighted by molar-refractivity contribution is 5.34. The van der Waals surface area contributed by atoms with Gasteiger partial charge in [-0.15, -0.1) is 0 Å². The van der Waals surface area contributed by atoms with Crippen molar-refractivity contribution in [2.24, 2.45) is 5.84 Å². The molecule has 0 saturated heterocycles. The Morgan fingerprint density at radius 2 is 2.17 bits per heavy atom. The summed E-state index contributed by atoms with van der Waals surface area (Å²) in [5, 5.41) is 0. The Bertz CT molecular complexity index is 533. The maximum absolute atomic E-state index is 13.7. The van der Waals surface area contributed by atoms with Crippen LogP contribution in [0.1, 0.15) is 17.3 Å². The summed E-state index contributed by atoms with van der Waals surface area (Å²) >= 11 is 0. The van der Waals surface area contributed by atoms with Gasteiger partial charge in [0.05, 0.1) is 18.8 Å². The van der Waals surface area contributed by atoms with Gasteiger partial charge in [0.15, 0.2) is 0 Å². The van der Waals surface area contributed by atoms with Crippen LogP contribution in [0.25, 0.3) is 0 Å². The molecule has 3 N–H and O–H groups in total. The zero-order valence-electron chi connectivity index (χ0n) is 9.93. The Hall–Kier alpha value is -1.98. The van der Waals surface area contributed by atoms with Gasteiger partial charge in [0, 0.05) is 6.20 Å². The SMILES string of the molecule is COc1cccc(C(NN)c2ncccc2F)c1. The maximum atomic E-state index is 13.7. The van der Waals surface area contributed by atoms with E-state index in [1.807, 2.05) is 18.2 Å². The molecule has 94 valence electrons. The monoisotopic (exact) mass is 247 g/mol. The number of hydrogen-bond donors (Lipinski definition) is 2. The van der Waals surface area contributed by atoms with Gasteiger partial charge >= 0.3 is 0 Å². The van der Waals surface area contributed by atoms with E-state index in [1.165, 1.54) is 18.3 Å². The van der Waals surface area contributed by atoms with E-state index in [0.29, 0.717) is 5.75 Å². The molecule has 1 aromatic heterocycles. The van der Waals surface area contributed by atoms with Gasteiger partial charge in [0.1, 0.15) is 11.6 Å². The molecule has 0 aliphatic heterocycles. The van der Waals surface area contributed by atoms with E-state index in [-0.39, 0.29) is 5.69 Å². The van der Waals surface area contributed by atoms with Crippen molar-refractivity contribution in [1.82, 2.24) is 10.4 Å². The summed E-state index contributed by atoms with van der Waals surface area (Å²) in [6, 6.07) is 9.64. The first kappa shape index (κ1) is 12.5. The molecule has 0 fully saturated rings. The Kier molecular flexibility index (Phi) is 3.86. The van der Waals surface area contributed by atoms with Crippen molar-refractivity contribution in [3.8, 4) is 5.75 Å². The number of nitrogens with two attached hydrogens (primary N) is 1. The smallest absolute Gasteiger partial charge is 0.146 e. The van der Waals surface area contributed by atoms with Crippen LogP contribution < -0.4 is 16.0 Å². The van der Waals surface area contributed by atoms with E-state index in [2.05, 4.69) is 10.4 Å². The summed E-state index contributed by atoms with van der Waals surface area (Å²) in [6.45, 7) is 0.